The van der Waals surface area contributed by atoms with Gasteiger partial charge in [0.1, 0.15) is 6.61 Å². The highest BCUT2D eigenvalue weighted by molar-refractivity contribution is 5.70. The third kappa shape index (κ3) is 55.2. The highest BCUT2D eigenvalue weighted by Crippen LogP contribution is 2.14. The zero-order valence-electron chi connectivity index (χ0n) is 44.6. The second-order valence-electron chi connectivity index (χ2n) is 18.4. The zero-order valence-corrected chi connectivity index (χ0v) is 44.6. The Hall–Kier alpha value is -3.44. The second kappa shape index (κ2) is 57.9. The maximum absolute atomic E-state index is 12.8. The average molecular weight is 944 g/mol. The molecule has 5 nitrogen and oxygen atoms in total. The fourth-order valence-electron chi connectivity index (χ4n) is 7.60. The highest BCUT2D eigenvalue weighted by Gasteiger charge is 2.17. The number of ether oxygens (including phenoxy) is 3. The van der Waals surface area contributed by atoms with E-state index < -0.39 is 6.10 Å². The predicted octanol–water partition coefficient (Wildman–Crippen LogP) is 19.6. The van der Waals surface area contributed by atoms with Crippen molar-refractivity contribution < 1.29 is 23.8 Å². The lowest BCUT2D eigenvalue weighted by atomic mass is 10.1. The van der Waals surface area contributed by atoms with Gasteiger partial charge in [-0.05, 0) is 122 Å². The first-order valence-electron chi connectivity index (χ1n) is 28.4. The third-order valence-corrected chi connectivity index (χ3v) is 11.8. The number of carbonyl (C=O) groups excluding carboxylic acids is 2. The molecule has 0 radical (unpaired) electrons. The van der Waals surface area contributed by atoms with E-state index in [-0.39, 0.29) is 25.2 Å². The molecule has 0 aliphatic heterocycles. The van der Waals surface area contributed by atoms with Gasteiger partial charge >= 0.3 is 11.9 Å². The molecule has 0 saturated heterocycles. The topological polar surface area (TPSA) is 61.8 Å². The van der Waals surface area contributed by atoms with Gasteiger partial charge in [-0.25, -0.2) is 0 Å². The quantitative estimate of drug-likeness (QED) is 0.0345. The van der Waals surface area contributed by atoms with Gasteiger partial charge in [-0.15, -0.1) is 0 Å². The van der Waals surface area contributed by atoms with Gasteiger partial charge in [0.05, 0.1) is 6.61 Å². The minimum atomic E-state index is -0.576. The summed E-state index contributed by atoms with van der Waals surface area (Å²) in [5, 5.41) is 0. The van der Waals surface area contributed by atoms with Gasteiger partial charge in [-0.1, -0.05) is 226 Å². The van der Waals surface area contributed by atoms with Crippen molar-refractivity contribution in [1.82, 2.24) is 0 Å². The van der Waals surface area contributed by atoms with Gasteiger partial charge in [0.25, 0.3) is 0 Å². The van der Waals surface area contributed by atoms with Crippen molar-refractivity contribution in [3.8, 4) is 0 Å². The second-order valence-corrected chi connectivity index (χ2v) is 18.4. The normalized spacial score (nSPS) is 13.0. The lowest BCUT2D eigenvalue weighted by Gasteiger charge is -2.18. The molecule has 0 saturated carbocycles. The lowest BCUT2D eigenvalue weighted by molar-refractivity contribution is -0.163. The van der Waals surface area contributed by atoms with Crippen LogP contribution in [0.1, 0.15) is 252 Å². The Bertz CT molecular complexity index is 1340. The summed E-state index contributed by atoms with van der Waals surface area (Å²) in [6, 6.07) is 0. The summed E-state index contributed by atoms with van der Waals surface area (Å²) >= 11 is 0. The summed E-state index contributed by atoms with van der Waals surface area (Å²) in [4.78, 5) is 25.5. The van der Waals surface area contributed by atoms with Crippen molar-refractivity contribution in [2.75, 3.05) is 19.8 Å². The fourth-order valence-corrected chi connectivity index (χ4v) is 7.60. The van der Waals surface area contributed by atoms with Crippen LogP contribution in [0.4, 0.5) is 0 Å². The molecule has 0 aromatic carbocycles. The van der Waals surface area contributed by atoms with Crippen molar-refractivity contribution in [1.29, 1.82) is 0 Å². The molecule has 5 heteroatoms. The molecule has 1 unspecified atom stereocenters. The van der Waals surface area contributed by atoms with E-state index in [1.807, 2.05) is 0 Å². The molecule has 388 valence electrons. The minimum absolute atomic E-state index is 0.0499. The molecule has 0 aliphatic carbocycles. The molecule has 0 aromatic heterocycles. The van der Waals surface area contributed by atoms with Crippen LogP contribution in [0.25, 0.3) is 0 Å². The van der Waals surface area contributed by atoms with E-state index in [0.29, 0.717) is 19.4 Å². The van der Waals surface area contributed by atoms with Crippen molar-refractivity contribution in [2.24, 2.45) is 0 Å². The predicted molar refractivity (Wildman–Crippen MR) is 297 cm³/mol. The minimum Gasteiger partial charge on any atom is -0.462 e. The average Bonchev–Trinajstić information content (AvgIpc) is 3.34. The number of hydrogen-bond acceptors (Lipinski definition) is 5. The van der Waals surface area contributed by atoms with E-state index >= 15 is 0 Å². The van der Waals surface area contributed by atoms with Gasteiger partial charge in [0, 0.05) is 19.4 Å². The number of esters is 2. The molecular weight excluding hydrogens is 837 g/mol. The largest absolute Gasteiger partial charge is 0.462 e. The summed E-state index contributed by atoms with van der Waals surface area (Å²) in [5.41, 5.74) is 0. The maximum atomic E-state index is 12.8. The first-order valence-corrected chi connectivity index (χ1v) is 28.4. The Kier molecular flexibility index (Phi) is 54.9. The number of hydrogen-bond donors (Lipinski definition) is 0. The Morgan fingerprint density at radius 2 is 0.662 bits per heavy atom. The third-order valence-electron chi connectivity index (χ3n) is 11.8. The van der Waals surface area contributed by atoms with E-state index in [1.165, 1.54) is 103 Å². The molecule has 0 amide bonds. The number of rotatable bonds is 51. The van der Waals surface area contributed by atoms with Crippen LogP contribution >= 0.6 is 0 Å². The lowest BCUT2D eigenvalue weighted by Crippen LogP contribution is -2.30. The first-order chi connectivity index (χ1) is 33.6. The Morgan fingerprint density at radius 1 is 0.338 bits per heavy atom. The van der Waals surface area contributed by atoms with Crippen LogP contribution in [0.5, 0.6) is 0 Å². The van der Waals surface area contributed by atoms with E-state index in [0.717, 1.165) is 116 Å². The summed E-state index contributed by atoms with van der Waals surface area (Å²) < 4.78 is 17.4. The van der Waals surface area contributed by atoms with Crippen LogP contribution < -0.4 is 0 Å². The summed E-state index contributed by atoms with van der Waals surface area (Å²) in [5.74, 6) is -0.474. The van der Waals surface area contributed by atoms with Crippen LogP contribution in [0.3, 0.4) is 0 Å². The molecule has 0 spiro atoms. The van der Waals surface area contributed by atoms with Crippen LogP contribution in [-0.2, 0) is 23.8 Å². The summed E-state index contributed by atoms with van der Waals surface area (Å²) in [7, 11) is 0. The van der Waals surface area contributed by atoms with Crippen LogP contribution in [0, 0.1) is 0 Å². The Balaban J connectivity index is 4.37. The monoisotopic (exact) mass is 943 g/mol. The van der Waals surface area contributed by atoms with E-state index in [4.69, 9.17) is 14.2 Å². The number of unbranched alkanes of at least 4 members (excludes halogenated alkanes) is 22. The molecule has 0 aliphatic rings. The Labute approximate surface area is 421 Å². The van der Waals surface area contributed by atoms with Crippen LogP contribution in [0.2, 0.25) is 0 Å². The zero-order chi connectivity index (χ0) is 49.2. The molecule has 0 aromatic rings. The standard InChI is InChI=1S/C63H106O5/c1-4-7-10-13-16-19-22-25-28-30-31-32-34-37-40-43-46-49-52-55-58-66-59-61(68-63(65)57-54-51-48-45-42-39-35-27-24-21-18-15-12-9-6-3)60-67-62(64)56-53-50-47-44-41-38-36-33-29-26-23-20-17-14-11-8-5-2/h8-9,11-12,17-18,20-21,25-29,35-36,38,42,45,61H,4-7,10,13-16,19,22-24,30-34,37,39-41,43-44,46-60H2,1-3H3/b11-8-,12-9-,20-17-,21-18-,28-25-,29-26-,35-27-,38-36-,45-42-. The van der Waals surface area contributed by atoms with E-state index in [1.54, 1.807) is 0 Å². The van der Waals surface area contributed by atoms with Gasteiger partial charge < -0.3 is 14.2 Å². The molecule has 1 atom stereocenters. The maximum Gasteiger partial charge on any atom is 0.306 e. The fraction of sp³-hybridized carbons (Fsp3) is 0.683. The summed E-state index contributed by atoms with van der Waals surface area (Å²) in [6.07, 6.45) is 79.7. The molecular formula is C63H106O5. The van der Waals surface area contributed by atoms with Crippen LogP contribution in [0.15, 0.2) is 109 Å². The molecule has 0 heterocycles. The molecule has 68 heavy (non-hydrogen) atoms. The van der Waals surface area contributed by atoms with Crippen molar-refractivity contribution in [3.63, 3.8) is 0 Å². The highest BCUT2D eigenvalue weighted by atomic mass is 16.6. The molecule has 0 N–H and O–H groups in total. The van der Waals surface area contributed by atoms with Crippen molar-refractivity contribution in [3.05, 3.63) is 109 Å². The molecule has 0 fully saturated rings. The van der Waals surface area contributed by atoms with Gasteiger partial charge in [0.15, 0.2) is 6.10 Å². The van der Waals surface area contributed by atoms with E-state index in [9.17, 15) is 9.59 Å². The Morgan fingerprint density at radius 3 is 1.10 bits per heavy atom. The number of allylic oxidation sites excluding steroid dienone is 18. The van der Waals surface area contributed by atoms with Crippen LogP contribution in [-0.4, -0.2) is 37.9 Å². The smallest absolute Gasteiger partial charge is 0.306 e. The van der Waals surface area contributed by atoms with Crippen molar-refractivity contribution >= 4 is 11.9 Å². The molecule has 0 bridgehead atoms. The van der Waals surface area contributed by atoms with Gasteiger partial charge in [-0.2, -0.15) is 0 Å². The van der Waals surface area contributed by atoms with Gasteiger partial charge in [0.2, 0.25) is 0 Å². The summed E-state index contributed by atoms with van der Waals surface area (Å²) in [6.45, 7) is 7.53. The first kappa shape index (κ1) is 64.6. The number of carbonyl (C=O) groups is 2. The van der Waals surface area contributed by atoms with E-state index in [2.05, 4.69) is 130 Å². The SMILES string of the molecule is CC/C=C\C/C=C\C/C=C\C/C=C\CCCCCCC(=O)OCC(COCCCCCCCCCCCC/C=C\CCCCCCCC)OC(=O)CCCC/C=C\C/C=C\C/C=C\C/C=C\CC. The molecule has 0 rings (SSSR count). The van der Waals surface area contributed by atoms with Crippen molar-refractivity contribution in [2.45, 2.75) is 258 Å². The van der Waals surface area contributed by atoms with Gasteiger partial charge in [-0.3, -0.25) is 9.59 Å².